The highest BCUT2D eigenvalue weighted by molar-refractivity contribution is 5.79. The second-order valence-electron chi connectivity index (χ2n) is 5.98. The van der Waals surface area contributed by atoms with Crippen molar-refractivity contribution in [2.75, 3.05) is 39.8 Å². The number of hydrogen-bond donors (Lipinski definition) is 1. The van der Waals surface area contributed by atoms with Gasteiger partial charge in [0.1, 0.15) is 0 Å². The van der Waals surface area contributed by atoms with Crippen LogP contribution in [0.2, 0.25) is 0 Å². The second kappa shape index (κ2) is 7.62. The van der Waals surface area contributed by atoms with Gasteiger partial charge in [0.25, 0.3) is 0 Å². The van der Waals surface area contributed by atoms with Crippen LogP contribution in [0.25, 0.3) is 0 Å². The number of amides is 2. The van der Waals surface area contributed by atoms with Crippen molar-refractivity contribution in [3.8, 4) is 0 Å². The van der Waals surface area contributed by atoms with Crippen LogP contribution in [0.1, 0.15) is 38.5 Å². The Labute approximate surface area is 121 Å². The van der Waals surface area contributed by atoms with E-state index in [0.29, 0.717) is 39.1 Å². The summed E-state index contributed by atoms with van der Waals surface area (Å²) in [5, 5.41) is 2.88. The van der Waals surface area contributed by atoms with E-state index in [1.54, 1.807) is 7.05 Å². The van der Waals surface area contributed by atoms with E-state index in [2.05, 4.69) is 5.32 Å². The number of likely N-dealkylation sites (N-methyl/N-ethyl adjacent to an activating group) is 1. The summed E-state index contributed by atoms with van der Waals surface area (Å²) < 4.78 is 0. The van der Waals surface area contributed by atoms with Crippen molar-refractivity contribution >= 4 is 11.8 Å². The number of nitrogens with zero attached hydrogens (tertiary/aromatic N) is 2. The highest BCUT2D eigenvalue weighted by Crippen LogP contribution is 2.28. The zero-order valence-electron chi connectivity index (χ0n) is 12.6. The molecule has 1 saturated heterocycles. The van der Waals surface area contributed by atoms with Crippen LogP contribution in [0.3, 0.4) is 0 Å². The SMILES string of the molecule is CNCC(=O)N1CCN(C(=O)CCC2CCCC2)CC1. The fourth-order valence-corrected chi connectivity index (χ4v) is 3.25. The molecule has 5 nitrogen and oxygen atoms in total. The third kappa shape index (κ3) is 4.20. The van der Waals surface area contributed by atoms with E-state index >= 15 is 0 Å². The molecule has 20 heavy (non-hydrogen) atoms. The van der Waals surface area contributed by atoms with Crippen molar-refractivity contribution in [1.29, 1.82) is 0 Å². The van der Waals surface area contributed by atoms with Gasteiger partial charge in [0.15, 0.2) is 0 Å². The maximum absolute atomic E-state index is 12.2. The number of carbonyl (C=O) groups excluding carboxylic acids is 2. The van der Waals surface area contributed by atoms with Crippen molar-refractivity contribution in [3.05, 3.63) is 0 Å². The molecule has 1 heterocycles. The molecule has 2 fully saturated rings. The number of rotatable bonds is 5. The van der Waals surface area contributed by atoms with Crippen LogP contribution >= 0.6 is 0 Å². The molecule has 5 heteroatoms. The van der Waals surface area contributed by atoms with E-state index in [1.165, 1.54) is 25.7 Å². The Morgan fingerprint density at radius 1 is 1.00 bits per heavy atom. The molecular formula is C15H27N3O2. The first-order valence-corrected chi connectivity index (χ1v) is 7.91. The molecule has 1 aliphatic carbocycles. The molecule has 1 N–H and O–H groups in total. The summed E-state index contributed by atoms with van der Waals surface area (Å²) in [7, 11) is 1.78. The van der Waals surface area contributed by atoms with E-state index in [0.717, 1.165) is 12.3 Å². The molecule has 0 spiro atoms. The van der Waals surface area contributed by atoms with Crippen molar-refractivity contribution < 1.29 is 9.59 Å². The predicted octanol–water partition coefficient (Wildman–Crippen LogP) is 0.847. The molecule has 0 bridgehead atoms. The summed E-state index contributed by atoms with van der Waals surface area (Å²) in [6.45, 7) is 3.12. The van der Waals surface area contributed by atoms with Crippen LogP contribution in [0.15, 0.2) is 0 Å². The highest BCUT2D eigenvalue weighted by atomic mass is 16.2. The van der Waals surface area contributed by atoms with Gasteiger partial charge in [0.2, 0.25) is 11.8 Å². The molecule has 0 atom stereocenters. The molecule has 0 unspecified atom stereocenters. The molecule has 0 radical (unpaired) electrons. The molecule has 2 amide bonds. The first-order chi connectivity index (χ1) is 9.70. The maximum Gasteiger partial charge on any atom is 0.236 e. The lowest BCUT2D eigenvalue weighted by atomic mass is 10.0. The van der Waals surface area contributed by atoms with Crippen molar-refractivity contribution in [2.24, 2.45) is 5.92 Å². The number of nitrogens with one attached hydrogen (secondary N) is 1. The molecule has 2 aliphatic rings. The molecule has 1 saturated carbocycles. The van der Waals surface area contributed by atoms with Gasteiger partial charge >= 0.3 is 0 Å². The van der Waals surface area contributed by atoms with Crippen LogP contribution < -0.4 is 5.32 Å². The molecule has 114 valence electrons. The summed E-state index contributed by atoms with van der Waals surface area (Å²) >= 11 is 0. The van der Waals surface area contributed by atoms with Gasteiger partial charge in [0, 0.05) is 32.6 Å². The first kappa shape index (κ1) is 15.3. The van der Waals surface area contributed by atoms with Crippen molar-refractivity contribution in [2.45, 2.75) is 38.5 Å². The third-order valence-corrected chi connectivity index (χ3v) is 4.55. The minimum atomic E-state index is 0.130. The minimum absolute atomic E-state index is 0.130. The second-order valence-corrected chi connectivity index (χ2v) is 5.98. The fraction of sp³-hybridized carbons (Fsp3) is 0.867. The summed E-state index contributed by atoms with van der Waals surface area (Å²) in [5.41, 5.74) is 0. The number of carbonyl (C=O) groups is 2. The molecule has 0 aromatic heterocycles. The standard InChI is InChI=1S/C15H27N3O2/c1-16-12-15(20)18-10-8-17(9-11-18)14(19)7-6-13-4-2-3-5-13/h13,16H,2-12H2,1H3. The van der Waals surface area contributed by atoms with Gasteiger partial charge in [-0.15, -0.1) is 0 Å². The molecular weight excluding hydrogens is 254 g/mol. The molecule has 0 aromatic rings. The smallest absolute Gasteiger partial charge is 0.236 e. The summed E-state index contributed by atoms with van der Waals surface area (Å²) in [6, 6.07) is 0. The Hall–Kier alpha value is -1.10. The van der Waals surface area contributed by atoms with Gasteiger partial charge < -0.3 is 15.1 Å². The van der Waals surface area contributed by atoms with Crippen LogP contribution in [0, 0.1) is 5.92 Å². The van der Waals surface area contributed by atoms with Crippen molar-refractivity contribution in [3.63, 3.8) is 0 Å². The Bertz CT molecular complexity index is 332. The first-order valence-electron chi connectivity index (χ1n) is 7.91. The Balaban J connectivity index is 1.67. The molecule has 1 aliphatic heterocycles. The number of piperazine rings is 1. The summed E-state index contributed by atoms with van der Waals surface area (Å²) in [6.07, 6.45) is 7.03. The van der Waals surface area contributed by atoms with E-state index in [9.17, 15) is 9.59 Å². The van der Waals surface area contributed by atoms with Gasteiger partial charge in [0.05, 0.1) is 6.54 Å². The van der Waals surface area contributed by atoms with Crippen LogP contribution in [-0.2, 0) is 9.59 Å². The van der Waals surface area contributed by atoms with E-state index in [1.807, 2.05) is 9.80 Å². The normalized spacial score (nSPS) is 20.4. The molecule has 0 aromatic carbocycles. The zero-order chi connectivity index (χ0) is 14.4. The largest absolute Gasteiger partial charge is 0.339 e. The van der Waals surface area contributed by atoms with Gasteiger partial charge in [-0.1, -0.05) is 25.7 Å². The van der Waals surface area contributed by atoms with Gasteiger partial charge in [-0.05, 0) is 19.4 Å². The lowest BCUT2D eigenvalue weighted by Crippen LogP contribution is -2.52. The number of hydrogen-bond acceptors (Lipinski definition) is 3. The average molecular weight is 281 g/mol. The van der Waals surface area contributed by atoms with E-state index in [-0.39, 0.29) is 11.8 Å². The van der Waals surface area contributed by atoms with Crippen LogP contribution in [0.4, 0.5) is 0 Å². The highest BCUT2D eigenvalue weighted by Gasteiger charge is 2.24. The quantitative estimate of drug-likeness (QED) is 0.813. The zero-order valence-corrected chi connectivity index (χ0v) is 12.6. The topological polar surface area (TPSA) is 52.7 Å². The van der Waals surface area contributed by atoms with Gasteiger partial charge in [-0.25, -0.2) is 0 Å². The molecule has 2 rings (SSSR count). The Kier molecular flexibility index (Phi) is 5.83. The Morgan fingerprint density at radius 2 is 1.55 bits per heavy atom. The van der Waals surface area contributed by atoms with Crippen LogP contribution in [-0.4, -0.2) is 61.4 Å². The van der Waals surface area contributed by atoms with Crippen LogP contribution in [0.5, 0.6) is 0 Å². The summed E-state index contributed by atoms with van der Waals surface area (Å²) in [4.78, 5) is 27.7. The van der Waals surface area contributed by atoms with Gasteiger partial charge in [-0.2, -0.15) is 0 Å². The monoisotopic (exact) mass is 281 g/mol. The Morgan fingerprint density at radius 3 is 2.10 bits per heavy atom. The minimum Gasteiger partial charge on any atom is -0.339 e. The maximum atomic E-state index is 12.2. The average Bonchev–Trinajstić information content (AvgIpc) is 2.98. The van der Waals surface area contributed by atoms with Crippen molar-refractivity contribution in [1.82, 2.24) is 15.1 Å². The summed E-state index contributed by atoms with van der Waals surface area (Å²) in [5.74, 6) is 1.18. The fourth-order valence-electron chi connectivity index (χ4n) is 3.25. The lowest BCUT2D eigenvalue weighted by molar-refractivity contribution is -0.139. The predicted molar refractivity (Wildman–Crippen MR) is 78.3 cm³/mol. The van der Waals surface area contributed by atoms with E-state index < -0.39 is 0 Å². The third-order valence-electron chi connectivity index (χ3n) is 4.55. The lowest BCUT2D eigenvalue weighted by Gasteiger charge is -2.35. The van der Waals surface area contributed by atoms with E-state index in [4.69, 9.17) is 0 Å². The van der Waals surface area contributed by atoms with Gasteiger partial charge in [-0.3, -0.25) is 9.59 Å².